The summed E-state index contributed by atoms with van der Waals surface area (Å²) in [5.74, 6) is -1.80. The van der Waals surface area contributed by atoms with E-state index in [2.05, 4.69) is 17.3 Å². The third-order valence-corrected chi connectivity index (χ3v) is 3.43. The minimum Gasteiger partial charge on any atom is -0.481 e. The molecule has 0 radical (unpaired) electrons. The monoisotopic (exact) mass is 242 g/mol. The van der Waals surface area contributed by atoms with Crippen LogP contribution in [-0.4, -0.2) is 48.6 Å². The maximum Gasteiger partial charge on any atom is 0.316 e. The largest absolute Gasteiger partial charge is 0.481 e. The quantitative estimate of drug-likeness (QED) is 0.691. The molecule has 0 aromatic heterocycles. The van der Waals surface area contributed by atoms with Crippen LogP contribution in [0.1, 0.15) is 26.2 Å². The van der Waals surface area contributed by atoms with Crippen molar-refractivity contribution in [2.75, 3.05) is 26.7 Å². The predicted octanol–water partition coefficient (Wildman–Crippen LogP) is 0.555. The third-order valence-electron chi connectivity index (χ3n) is 3.43. The van der Waals surface area contributed by atoms with Gasteiger partial charge in [0.15, 0.2) is 0 Å². The van der Waals surface area contributed by atoms with Gasteiger partial charge in [-0.25, -0.2) is 0 Å². The molecular formula is C12H22N2O3. The lowest BCUT2D eigenvalue weighted by Crippen LogP contribution is -2.40. The molecule has 1 aliphatic heterocycles. The predicted molar refractivity (Wildman–Crippen MR) is 64.6 cm³/mol. The standard InChI is InChI=1S/C12H22N2O3/c1-3-10(12(16)17)11(15)13-8-9-4-6-14(2)7-5-9/h9-10H,3-8H2,1-2H3,(H,13,15)(H,16,17). The van der Waals surface area contributed by atoms with Crippen molar-refractivity contribution in [3.63, 3.8) is 0 Å². The molecule has 5 heteroatoms. The maximum absolute atomic E-state index is 11.6. The number of aliphatic carboxylic acids is 1. The fourth-order valence-corrected chi connectivity index (χ4v) is 2.11. The summed E-state index contributed by atoms with van der Waals surface area (Å²) in [6.45, 7) is 4.43. The van der Waals surface area contributed by atoms with Crippen LogP contribution in [0.2, 0.25) is 0 Å². The van der Waals surface area contributed by atoms with Gasteiger partial charge >= 0.3 is 5.97 Å². The van der Waals surface area contributed by atoms with Crippen molar-refractivity contribution < 1.29 is 14.7 Å². The lowest BCUT2D eigenvalue weighted by molar-refractivity contribution is -0.147. The molecule has 1 fully saturated rings. The number of hydrogen-bond donors (Lipinski definition) is 2. The molecule has 1 atom stereocenters. The van der Waals surface area contributed by atoms with Crippen LogP contribution in [0.4, 0.5) is 0 Å². The highest BCUT2D eigenvalue weighted by atomic mass is 16.4. The summed E-state index contributed by atoms with van der Waals surface area (Å²) in [5, 5.41) is 11.6. The van der Waals surface area contributed by atoms with Gasteiger partial charge in [-0.15, -0.1) is 0 Å². The fourth-order valence-electron chi connectivity index (χ4n) is 2.11. The van der Waals surface area contributed by atoms with E-state index in [1.54, 1.807) is 6.92 Å². The summed E-state index contributed by atoms with van der Waals surface area (Å²) in [6, 6.07) is 0. The van der Waals surface area contributed by atoms with Crippen molar-refractivity contribution >= 4 is 11.9 Å². The van der Waals surface area contributed by atoms with E-state index in [4.69, 9.17) is 5.11 Å². The Morgan fingerprint density at radius 2 is 2.00 bits per heavy atom. The Morgan fingerprint density at radius 3 is 2.47 bits per heavy atom. The zero-order chi connectivity index (χ0) is 12.8. The number of carboxylic acid groups (broad SMARTS) is 1. The minimum atomic E-state index is -1.03. The van der Waals surface area contributed by atoms with E-state index < -0.39 is 11.9 Å². The van der Waals surface area contributed by atoms with Crippen LogP contribution in [0, 0.1) is 11.8 Å². The normalized spacial score (nSPS) is 19.9. The second-order valence-corrected chi connectivity index (χ2v) is 4.79. The zero-order valence-electron chi connectivity index (χ0n) is 10.6. The summed E-state index contributed by atoms with van der Waals surface area (Å²) < 4.78 is 0. The summed E-state index contributed by atoms with van der Waals surface area (Å²) in [7, 11) is 2.09. The molecule has 5 nitrogen and oxygen atoms in total. The number of carbonyl (C=O) groups is 2. The van der Waals surface area contributed by atoms with Gasteiger partial charge in [0, 0.05) is 6.54 Å². The van der Waals surface area contributed by atoms with E-state index in [0.29, 0.717) is 18.9 Å². The Bertz CT molecular complexity index is 273. The highest BCUT2D eigenvalue weighted by molar-refractivity contribution is 5.96. The van der Waals surface area contributed by atoms with Crippen LogP contribution < -0.4 is 5.32 Å². The van der Waals surface area contributed by atoms with Crippen LogP contribution in [0.3, 0.4) is 0 Å². The second kappa shape index (κ2) is 6.59. The van der Waals surface area contributed by atoms with E-state index in [0.717, 1.165) is 25.9 Å². The number of piperidine rings is 1. The average molecular weight is 242 g/mol. The SMILES string of the molecule is CCC(C(=O)O)C(=O)NCC1CCN(C)CC1. The smallest absolute Gasteiger partial charge is 0.316 e. The zero-order valence-corrected chi connectivity index (χ0v) is 10.6. The number of carbonyl (C=O) groups excluding carboxylic acids is 1. The number of nitrogens with one attached hydrogen (secondary N) is 1. The minimum absolute atomic E-state index is 0.342. The van der Waals surface area contributed by atoms with Crippen molar-refractivity contribution in [1.29, 1.82) is 0 Å². The third kappa shape index (κ3) is 4.34. The van der Waals surface area contributed by atoms with Gasteiger partial charge in [0.05, 0.1) is 0 Å². The first kappa shape index (κ1) is 14.0. The van der Waals surface area contributed by atoms with Crippen molar-refractivity contribution in [3.05, 3.63) is 0 Å². The summed E-state index contributed by atoms with van der Waals surface area (Å²) in [5.41, 5.74) is 0. The summed E-state index contributed by atoms with van der Waals surface area (Å²) in [6.07, 6.45) is 2.48. The molecule has 0 aliphatic carbocycles. The molecule has 1 unspecified atom stereocenters. The molecular weight excluding hydrogens is 220 g/mol. The molecule has 0 bridgehead atoms. The Kier molecular flexibility index (Phi) is 5.41. The molecule has 0 spiro atoms. The Morgan fingerprint density at radius 1 is 1.41 bits per heavy atom. The lowest BCUT2D eigenvalue weighted by atomic mass is 9.96. The molecule has 98 valence electrons. The van der Waals surface area contributed by atoms with E-state index in [-0.39, 0.29) is 5.91 Å². The van der Waals surface area contributed by atoms with Gasteiger partial charge < -0.3 is 15.3 Å². The molecule has 1 rings (SSSR count). The number of likely N-dealkylation sites (tertiary alicyclic amines) is 1. The van der Waals surface area contributed by atoms with E-state index >= 15 is 0 Å². The molecule has 0 aromatic carbocycles. The molecule has 17 heavy (non-hydrogen) atoms. The number of hydrogen-bond acceptors (Lipinski definition) is 3. The second-order valence-electron chi connectivity index (χ2n) is 4.79. The Hall–Kier alpha value is -1.10. The fraction of sp³-hybridized carbons (Fsp3) is 0.833. The van der Waals surface area contributed by atoms with Gasteiger partial charge in [0.2, 0.25) is 5.91 Å². The molecule has 1 aliphatic rings. The lowest BCUT2D eigenvalue weighted by Gasteiger charge is -2.29. The Balaban J connectivity index is 2.30. The van der Waals surface area contributed by atoms with Crippen molar-refractivity contribution in [2.24, 2.45) is 11.8 Å². The first-order chi connectivity index (χ1) is 8.04. The molecule has 1 heterocycles. The molecule has 1 saturated heterocycles. The molecule has 2 N–H and O–H groups in total. The molecule has 0 saturated carbocycles. The number of amides is 1. The maximum atomic E-state index is 11.6. The van der Waals surface area contributed by atoms with Crippen molar-refractivity contribution in [1.82, 2.24) is 10.2 Å². The number of nitrogens with zero attached hydrogens (tertiary/aromatic N) is 1. The molecule has 1 amide bonds. The summed E-state index contributed by atoms with van der Waals surface area (Å²) >= 11 is 0. The van der Waals surface area contributed by atoms with Crippen LogP contribution in [0.15, 0.2) is 0 Å². The Labute approximate surface area is 102 Å². The number of rotatable bonds is 5. The first-order valence-electron chi connectivity index (χ1n) is 6.23. The first-order valence-corrected chi connectivity index (χ1v) is 6.23. The van der Waals surface area contributed by atoms with Gasteiger partial charge in [0.25, 0.3) is 0 Å². The van der Waals surface area contributed by atoms with Crippen molar-refractivity contribution in [3.8, 4) is 0 Å². The van der Waals surface area contributed by atoms with Crippen LogP contribution in [-0.2, 0) is 9.59 Å². The highest BCUT2D eigenvalue weighted by Crippen LogP contribution is 2.15. The topological polar surface area (TPSA) is 69.6 Å². The van der Waals surface area contributed by atoms with Gasteiger partial charge in [-0.3, -0.25) is 9.59 Å². The average Bonchev–Trinajstić information content (AvgIpc) is 2.28. The van der Waals surface area contributed by atoms with Gasteiger partial charge in [-0.1, -0.05) is 6.92 Å². The van der Waals surface area contributed by atoms with Crippen molar-refractivity contribution in [2.45, 2.75) is 26.2 Å². The van der Waals surface area contributed by atoms with Crippen LogP contribution >= 0.6 is 0 Å². The van der Waals surface area contributed by atoms with E-state index in [1.807, 2.05) is 0 Å². The van der Waals surface area contributed by atoms with E-state index in [9.17, 15) is 9.59 Å². The van der Waals surface area contributed by atoms with Crippen LogP contribution in [0.5, 0.6) is 0 Å². The van der Waals surface area contributed by atoms with Gasteiger partial charge in [0.1, 0.15) is 5.92 Å². The van der Waals surface area contributed by atoms with Gasteiger partial charge in [-0.05, 0) is 45.3 Å². The van der Waals surface area contributed by atoms with E-state index in [1.165, 1.54) is 0 Å². The summed E-state index contributed by atoms with van der Waals surface area (Å²) in [4.78, 5) is 24.7. The molecule has 0 aromatic rings. The van der Waals surface area contributed by atoms with Crippen LogP contribution in [0.25, 0.3) is 0 Å². The number of carboxylic acids is 1. The highest BCUT2D eigenvalue weighted by Gasteiger charge is 2.25. The van der Waals surface area contributed by atoms with Gasteiger partial charge in [-0.2, -0.15) is 0 Å².